The van der Waals surface area contributed by atoms with Gasteiger partial charge >= 0.3 is 6.09 Å². The molecular weight excluding hydrogens is 895 g/mol. The smallest absolute Gasteiger partial charge is 0.411 e. The van der Waals surface area contributed by atoms with Crippen molar-refractivity contribution < 1.29 is 53.3 Å². The Balaban J connectivity index is 1.70. The maximum Gasteiger partial charge on any atom is 0.411 e. The Labute approximate surface area is 424 Å². The minimum Gasteiger partial charge on any atom is -0.446 e. The number of ether oxygens (including phenoxy) is 3. The molecule has 0 radical (unpaired) electrons. The van der Waals surface area contributed by atoms with Crippen molar-refractivity contribution in [3.8, 4) is 0 Å². The maximum absolute atomic E-state index is 14.0. The Kier molecular flexibility index (Phi) is 39.8. The predicted octanol–water partition coefficient (Wildman–Crippen LogP) is 13.5. The molecule has 8 atom stereocenters. The summed E-state index contributed by atoms with van der Waals surface area (Å²) in [4.78, 5) is 12.4. The van der Waals surface area contributed by atoms with Crippen molar-refractivity contribution in [2.75, 3.05) is 25.1 Å². The minimum absolute atomic E-state index is 0.196. The topological polar surface area (TPSA) is 170 Å². The van der Waals surface area contributed by atoms with Gasteiger partial charge in [0.2, 0.25) is 0 Å². The van der Waals surface area contributed by atoms with Crippen LogP contribution in [-0.2, 0) is 14.2 Å². The van der Waals surface area contributed by atoms with Crippen molar-refractivity contribution in [3.63, 3.8) is 0 Å². The summed E-state index contributed by atoms with van der Waals surface area (Å²) in [6.07, 6.45) is 35.3. The number of amides is 1. The number of aliphatic hydroxyl groups excluding tert-OH is 5. The molecule has 0 aromatic heterocycles. The largest absolute Gasteiger partial charge is 0.446 e. The van der Waals surface area contributed by atoms with Crippen molar-refractivity contribution in [1.82, 2.24) is 5.32 Å². The highest BCUT2D eigenvalue weighted by Crippen LogP contribution is 2.25. The average Bonchev–Trinajstić information content (AvgIpc) is 3.35. The Morgan fingerprint density at radius 2 is 1.00 bits per heavy atom. The zero-order valence-corrected chi connectivity index (χ0v) is 44.3. The molecule has 1 aliphatic heterocycles. The zero-order valence-electron chi connectivity index (χ0n) is 44.3. The van der Waals surface area contributed by atoms with E-state index in [1.807, 2.05) is 0 Å². The monoisotopic (exact) mass is 999 g/mol. The highest BCUT2D eigenvalue weighted by atomic mass is 19.1. The van der Waals surface area contributed by atoms with E-state index in [4.69, 9.17) is 14.2 Å². The standard InChI is InChI=1S/C57H104F2N2O9/c1-3-5-7-9-11-13-15-17-18-19-20-21-22-23-24-25-26-27-28-30-32-34-36-38-42-60-49(52(63)50(62)39-37-35-33-31-29-16-14-12-10-8-6-4-2)44-68-56-55(66)54(65)53(64)51(70-56)45-69-57(67)61-48-41-40-46(58)43-47(48)59/h40-41,43,49-56,60,62-66H,3-39,42,44-45H2,1-2H3,(H,61,67)/t49-,50+,51+,52-,53-,54-,55+,56-/m0/s1. The van der Waals surface area contributed by atoms with Gasteiger partial charge < -0.3 is 45.1 Å². The minimum atomic E-state index is -1.73. The lowest BCUT2D eigenvalue weighted by Gasteiger charge is -2.40. The number of hydrogen-bond donors (Lipinski definition) is 7. The van der Waals surface area contributed by atoms with Gasteiger partial charge in [-0.2, -0.15) is 0 Å². The van der Waals surface area contributed by atoms with Crippen molar-refractivity contribution in [3.05, 3.63) is 29.8 Å². The van der Waals surface area contributed by atoms with Gasteiger partial charge in [-0.05, 0) is 31.5 Å². The fourth-order valence-corrected chi connectivity index (χ4v) is 9.57. The predicted molar refractivity (Wildman–Crippen MR) is 280 cm³/mol. The van der Waals surface area contributed by atoms with Crippen molar-refractivity contribution in [2.24, 2.45) is 0 Å². The highest BCUT2D eigenvalue weighted by molar-refractivity contribution is 5.84. The number of nitrogens with one attached hydrogen (secondary N) is 2. The Hall–Kier alpha value is -1.97. The van der Waals surface area contributed by atoms with Crippen LogP contribution in [0.4, 0.5) is 19.3 Å². The van der Waals surface area contributed by atoms with E-state index < -0.39 is 73.3 Å². The first kappa shape index (κ1) is 64.1. The van der Waals surface area contributed by atoms with Gasteiger partial charge in [0.15, 0.2) is 6.29 Å². The summed E-state index contributed by atoms with van der Waals surface area (Å²) in [6.45, 7) is 4.30. The molecule has 2 rings (SSSR count). The molecule has 410 valence electrons. The lowest BCUT2D eigenvalue weighted by atomic mass is 9.98. The van der Waals surface area contributed by atoms with Gasteiger partial charge in [-0.15, -0.1) is 0 Å². The SMILES string of the molecule is CCCCCCCCCCCCCCCCCCCCCCCCCCN[C@@H](CO[C@H]1O[C@H](COC(=O)Nc2ccc(F)cc2F)[C@H](O)[C@H](O)[C@H]1O)[C@H](O)[C@H](O)CCCCCCCCCCCCCC. The fraction of sp³-hybridized carbons (Fsp3) is 0.877. The molecule has 13 heteroatoms. The molecule has 1 saturated heterocycles. The van der Waals surface area contributed by atoms with E-state index in [1.54, 1.807) is 0 Å². The first-order chi connectivity index (χ1) is 34.1. The molecule has 0 unspecified atom stereocenters. The number of benzene rings is 1. The van der Waals surface area contributed by atoms with Crippen molar-refractivity contribution in [2.45, 2.75) is 300 Å². The van der Waals surface area contributed by atoms with E-state index in [1.165, 1.54) is 193 Å². The summed E-state index contributed by atoms with van der Waals surface area (Å²) in [5, 5.41) is 60.0. The summed E-state index contributed by atoms with van der Waals surface area (Å²) < 4.78 is 44.1. The summed E-state index contributed by atoms with van der Waals surface area (Å²) in [5.41, 5.74) is -0.322. The molecular formula is C57H104F2N2O9. The molecule has 1 aromatic carbocycles. The second-order valence-electron chi connectivity index (χ2n) is 20.6. The van der Waals surface area contributed by atoms with Gasteiger partial charge in [0.05, 0.1) is 30.5 Å². The summed E-state index contributed by atoms with van der Waals surface area (Å²) in [7, 11) is 0. The molecule has 7 N–H and O–H groups in total. The van der Waals surface area contributed by atoms with Gasteiger partial charge in [-0.3, -0.25) is 5.32 Å². The van der Waals surface area contributed by atoms with Crippen LogP contribution in [0.1, 0.15) is 251 Å². The molecule has 1 amide bonds. The third-order valence-corrected chi connectivity index (χ3v) is 14.3. The Morgan fingerprint density at radius 1 is 0.586 bits per heavy atom. The molecule has 1 aliphatic rings. The van der Waals surface area contributed by atoms with Crippen LogP contribution < -0.4 is 10.6 Å². The van der Waals surface area contributed by atoms with E-state index in [0.717, 1.165) is 50.7 Å². The van der Waals surface area contributed by atoms with Crippen molar-refractivity contribution in [1.29, 1.82) is 0 Å². The average molecular weight is 999 g/mol. The normalized spacial score (nSPS) is 19.6. The molecule has 11 nitrogen and oxygen atoms in total. The van der Waals surface area contributed by atoms with E-state index in [2.05, 4.69) is 24.5 Å². The van der Waals surface area contributed by atoms with Gasteiger partial charge in [-0.1, -0.05) is 239 Å². The van der Waals surface area contributed by atoms with Crippen molar-refractivity contribution >= 4 is 11.8 Å². The van der Waals surface area contributed by atoms with E-state index in [-0.39, 0.29) is 12.3 Å². The van der Waals surface area contributed by atoms with Gasteiger partial charge in [0, 0.05) is 6.07 Å². The Bertz CT molecular complexity index is 1370. The van der Waals surface area contributed by atoms with Crippen LogP contribution in [0.25, 0.3) is 0 Å². The van der Waals surface area contributed by atoms with Gasteiger partial charge in [0.1, 0.15) is 42.7 Å². The summed E-state index contributed by atoms with van der Waals surface area (Å²) in [6, 6.07) is 1.86. The van der Waals surface area contributed by atoms with Crippen LogP contribution in [0.5, 0.6) is 0 Å². The van der Waals surface area contributed by atoms with Crippen LogP contribution in [-0.4, -0.2) is 100 Å². The van der Waals surface area contributed by atoms with Crippen LogP contribution >= 0.6 is 0 Å². The number of unbranched alkanes of at least 4 members (excludes halogenated alkanes) is 34. The van der Waals surface area contributed by atoms with Crippen LogP contribution in [0.2, 0.25) is 0 Å². The third-order valence-electron chi connectivity index (χ3n) is 14.3. The van der Waals surface area contributed by atoms with Gasteiger partial charge in [-0.25, -0.2) is 13.6 Å². The quantitative estimate of drug-likeness (QED) is 0.0312. The molecule has 1 heterocycles. The second-order valence-corrected chi connectivity index (χ2v) is 20.6. The van der Waals surface area contributed by atoms with E-state index in [0.29, 0.717) is 19.0 Å². The molecule has 0 saturated carbocycles. The number of rotatable bonds is 47. The summed E-state index contributed by atoms with van der Waals surface area (Å²) in [5.74, 6) is -1.83. The lowest BCUT2D eigenvalue weighted by molar-refractivity contribution is -0.302. The third kappa shape index (κ3) is 31.6. The molecule has 0 spiro atoms. The molecule has 70 heavy (non-hydrogen) atoms. The molecule has 1 aromatic rings. The van der Waals surface area contributed by atoms with Crippen LogP contribution in [0.15, 0.2) is 18.2 Å². The van der Waals surface area contributed by atoms with E-state index >= 15 is 0 Å². The number of anilines is 1. The number of halogens is 2. The molecule has 0 bridgehead atoms. The summed E-state index contributed by atoms with van der Waals surface area (Å²) >= 11 is 0. The van der Waals surface area contributed by atoms with Gasteiger partial charge in [0.25, 0.3) is 0 Å². The fourth-order valence-electron chi connectivity index (χ4n) is 9.57. The first-order valence-corrected chi connectivity index (χ1v) is 28.9. The van der Waals surface area contributed by atoms with E-state index in [9.17, 15) is 39.1 Å². The van der Waals surface area contributed by atoms with Crippen LogP contribution in [0, 0.1) is 11.6 Å². The Morgan fingerprint density at radius 3 is 1.43 bits per heavy atom. The number of hydrogen-bond acceptors (Lipinski definition) is 10. The molecule has 0 aliphatic carbocycles. The maximum atomic E-state index is 14.0. The molecule has 1 fully saturated rings. The highest BCUT2D eigenvalue weighted by Gasteiger charge is 2.45. The lowest BCUT2D eigenvalue weighted by Crippen LogP contribution is -2.60. The second kappa shape index (κ2) is 43.4. The number of aliphatic hydroxyl groups is 5. The zero-order chi connectivity index (χ0) is 50.9. The number of carbonyl (C=O) groups is 1. The number of carbonyl (C=O) groups excluding carboxylic acids is 1. The first-order valence-electron chi connectivity index (χ1n) is 28.9. The van der Waals surface area contributed by atoms with Crippen LogP contribution in [0.3, 0.4) is 0 Å².